The largest absolute Gasteiger partial charge is 0.468 e. The molecule has 3 rings (SSSR count). The molecule has 1 saturated heterocycles. The lowest BCUT2D eigenvalue weighted by molar-refractivity contribution is -0.149. The van der Waals surface area contributed by atoms with Crippen LogP contribution in [0.15, 0.2) is 0 Å². The Morgan fingerprint density at radius 1 is 1.25 bits per heavy atom. The van der Waals surface area contributed by atoms with E-state index in [4.69, 9.17) is 4.74 Å². The van der Waals surface area contributed by atoms with Gasteiger partial charge in [0.05, 0.1) is 7.11 Å². The predicted octanol–water partition coefficient (Wildman–Crippen LogP) is 1.93. The highest BCUT2D eigenvalue weighted by Gasteiger charge is 2.44. The summed E-state index contributed by atoms with van der Waals surface area (Å²) in [6, 6.07) is 1.22. The molecule has 1 N–H and O–H groups in total. The lowest BCUT2D eigenvalue weighted by atomic mass is 9.85. The van der Waals surface area contributed by atoms with Crippen molar-refractivity contribution < 1.29 is 9.53 Å². The molecule has 3 unspecified atom stereocenters. The average molecular weight is 280 g/mol. The molecule has 1 aliphatic heterocycles. The third-order valence-electron chi connectivity index (χ3n) is 5.38. The van der Waals surface area contributed by atoms with Crippen molar-refractivity contribution in [3.63, 3.8) is 0 Å². The van der Waals surface area contributed by atoms with Gasteiger partial charge in [-0.15, -0.1) is 0 Å². The van der Waals surface area contributed by atoms with Gasteiger partial charge in [0.2, 0.25) is 0 Å². The van der Waals surface area contributed by atoms with Crippen LogP contribution < -0.4 is 5.32 Å². The molecular formula is C16H28N2O2. The van der Waals surface area contributed by atoms with Crippen molar-refractivity contribution in [1.29, 1.82) is 0 Å². The SMILES string of the molecule is COC(=O)C(C)(CN1CCC2CCCCC21)NC1CC1. The van der Waals surface area contributed by atoms with Crippen LogP contribution in [0.3, 0.4) is 0 Å². The zero-order chi connectivity index (χ0) is 14.2. The maximum Gasteiger partial charge on any atom is 0.327 e. The number of hydrogen-bond acceptors (Lipinski definition) is 4. The molecule has 0 bridgehead atoms. The lowest BCUT2D eigenvalue weighted by Gasteiger charge is -2.37. The summed E-state index contributed by atoms with van der Waals surface area (Å²) in [6.45, 7) is 3.97. The van der Waals surface area contributed by atoms with E-state index in [1.165, 1.54) is 52.1 Å². The third-order valence-corrected chi connectivity index (χ3v) is 5.38. The van der Waals surface area contributed by atoms with Gasteiger partial charge in [-0.2, -0.15) is 0 Å². The number of nitrogens with one attached hydrogen (secondary N) is 1. The summed E-state index contributed by atoms with van der Waals surface area (Å²) in [4.78, 5) is 14.8. The Kier molecular flexibility index (Phi) is 4.04. The molecule has 2 saturated carbocycles. The second kappa shape index (κ2) is 5.64. The van der Waals surface area contributed by atoms with Gasteiger partial charge >= 0.3 is 5.97 Å². The van der Waals surface area contributed by atoms with Gasteiger partial charge in [-0.25, -0.2) is 0 Å². The van der Waals surface area contributed by atoms with Crippen LogP contribution in [-0.2, 0) is 9.53 Å². The molecule has 4 heteroatoms. The maximum atomic E-state index is 12.2. The molecule has 20 heavy (non-hydrogen) atoms. The highest BCUT2D eigenvalue weighted by molar-refractivity contribution is 5.80. The number of carbonyl (C=O) groups excluding carboxylic acids is 1. The first-order valence-corrected chi connectivity index (χ1v) is 8.22. The van der Waals surface area contributed by atoms with Crippen molar-refractivity contribution in [3.05, 3.63) is 0 Å². The fraction of sp³-hybridized carbons (Fsp3) is 0.938. The summed E-state index contributed by atoms with van der Waals surface area (Å²) in [7, 11) is 1.50. The van der Waals surface area contributed by atoms with E-state index in [2.05, 4.69) is 10.2 Å². The van der Waals surface area contributed by atoms with Crippen molar-refractivity contribution in [1.82, 2.24) is 10.2 Å². The number of methoxy groups -OCH3 is 1. The van der Waals surface area contributed by atoms with Gasteiger partial charge in [-0.1, -0.05) is 12.8 Å². The Labute approximate surface area is 122 Å². The van der Waals surface area contributed by atoms with Crippen LogP contribution >= 0.6 is 0 Å². The third kappa shape index (κ3) is 2.86. The second-order valence-electron chi connectivity index (χ2n) is 7.11. The highest BCUT2D eigenvalue weighted by Crippen LogP contribution is 2.37. The van der Waals surface area contributed by atoms with Crippen molar-refractivity contribution in [2.75, 3.05) is 20.2 Å². The molecule has 3 fully saturated rings. The number of ether oxygens (including phenoxy) is 1. The van der Waals surface area contributed by atoms with Crippen molar-refractivity contribution >= 4 is 5.97 Å². The number of rotatable bonds is 5. The highest BCUT2D eigenvalue weighted by atomic mass is 16.5. The number of fused-ring (bicyclic) bond motifs is 1. The number of nitrogens with zero attached hydrogens (tertiary/aromatic N) is 1. The maximum absolute atomic E-state index is 12.2. The smallest absolute Gasteiger partial charge is 0.327 e. The van der Waals surface area contributed by atoms with E-state index in [1.54, 1.807) is 0 Å². The minimum Gasteiger partial charge on any atom is -0.468 e. The molecule has 2 aliphatic carbocycles. The molecule has 3 atom stereocenters. The minimum absolute atomic E-state index is 0.108. The molecular weight excluding hydrogens is 252 g/mol. The first-order chi connectivity index (χ1) is 9.62. The van der Waals surface area contributed by atoms with Crippen LogP contribution in [0.2, 0.25) is 0 Å². The van der Waals surface area contributed by atoms with Gasteiger partial charge in [0.15, 0.2) is 0 Å². The second-order valence-corrected chi connectivity index (χ2v) is 7.11. The van der Waals surface area contributed by atoms with E-state index in [0.29, 0.717) is 12.1 Å². The topological polar surface area (TPSA) is 41.6 Å². The van der Waals surface area contributed by atoms with Crippen LogP contribution in [0.5, 0.6) is 0 Å². The average Bonchev–Trinajstić information content (AvgIpc) is 3.18. The zero-order valence-corrected chi connectivity index (χ0v) is 12.9. The monoisotopic (exact) mass is 280 g/mol. The Morgan fingerprint density at radius 2 is 2.00 bits per heavy atom. The normalized spacial score (nSPS) is 33.5. The summed E-state index contributed by atoms with van der Waals surface area (Å²) in [5.74, 6) is 0.759. The van der Waals surface area contributed by atoms with Crippen molar-refractivity contribution in [2.24, 2.45) is 5.92 Å². The molecule has 0 amide bonds. The molecule has 114 valence electrons. The van der Waals surface area contributed by atoms with E-state index < -0.39 is 5.54 Å². The van der Waals surface area contributed by atoms with Gasteiger partial charge in [-0.3, -0.25) is 15.0 Å². The van der Waals surface area contributed by atoms with Gasteiger partial charge < -0.3 is 4.74 Å². The van der Waals surface area contributed by atoms with E-state index in [9.17, 15) is 4.79 Å². The number of likely N-dealkylation sites (tertiary alicyclic amines) is 1. The van der Waals surface area contributed by atoms with Gasteiger partial charge in [-0.05, 0) is 51.5 Å². The summed E-state index contributed by atoms with van der Waals surface area (Å²) in [5, 5.41) is 3.52. The van der Waals surface area contributed by atoms with Crippen molar-refractivity contribution in [3.8, 4) is 0 Å². The van der Waals surface area contributed by atoms with E-state index >= 15 is 0 Å². The minimum atomic E-state index is -0.539. The zero-order valence-electron chi connectivity index (χ0n) is 12.9. The molecule has 0 aromatic carbocycles. The molecule has 0 aromatic rings. The lowest BCUT2D eigenvalue weighted by Crippen LogP contribution is -2.59. The summed E-state index contributed by atoms with van der Waals surface area (Å²) in [5.41, 5.74) is -0.539. The number of hydrogen-bond donors (Lipinski definition) is 1. The van der Waals surface area contributed by atoms with Gasteiger partial charge in [0.1, 0.15) is 5.54 Å². The molecule has 0 aromatic heterocycles. The molecule has 1 heterocycles. The van der Waals surface area contributed by atoms with Gasteiger partial charge in [0.25, 0.3) is 0 Å². The molecule has 0 radical (unpaired) electrons. The number of esters is 1. The molecule has 4 nitrogen and oxygen atoms in total. The Bertz CT molecular complexity index is 369. The standard InChI is InChI=1S/C16H28N2O2/c1-16(15(19)20-2,17-13-7-8-13)11-18-10-9-12-5-3-4-6-14(12)18/h12-14,17H,3-11H2,1-2H3. The van der Waals surface area contributed by atoms with Crippen LogP contribution in [-0.4, -0.2) is 48.7 Å². The summed E-state index contributed by atoms with van der Waals surface area (Å²) >= 11 is 0. The first-order valence-electron chi connectivity index (χ1n) is 8.22. The summed E-state index contributed by atoms with van der Waals surface area (Å²) < 4.78 is 5.06. The number of carbonyl (C=O) groups is 1. The van der Waals surface area contributed by atoms with Crippen LogP contribution in [0.25, 0.3) is 0 Å². The fourth-order valence-electron chi connectivity index (χ4n) is 4.18. The molecule has 0 spiro atoms. The molecule has 3 aliphatic rings. The Morgan fingerprint density at radius 3 is 2.70 bits per heavy atom. The van der Waals surface area contributed by atoms with Crippen LogP contribution in [0.1, 0.15) is 51.9 Å². The van der Waals surface area contributed by atoms with Crippen LogP contribution in [0.4, 0.5) is 0 Å². The Balaban J connectivity index is 1.67. The summed E-state index contributed by atoms with van der Waals surface area (Å²) in [6.07, 6.45) is 9.13. The first kappa shape index (κ1) is 14.3. The van der Waals surface area contributed by atoms with Gasteiger partial charge in [0, 0.05) is 18.6 Å². The fourth-order valence-corrected chi connectivity index (χ4v) is 4.18. The van der Waals surface area contributed by atoms with Crippen molar-refractivity contribution in [2.45, 2.75) is 69.5 Å². The Hall–Kier alpha value is -0.610. The van der Waals surface area contributed by atoms with E-state index in [0.717, 1.165) is 19.0 Å². The predicted molar refractivity (Wildman–Crippen MR) is 78.5 cm³/mol. The van der Waals surface area contributed by atoms with E-state index in [-0.39, 0.29) is 5.97 Å². The quantitative estimate of drug-likeness (QED) is 0.781. The van der Waals surface area contributed by atoms with Crippen LogP contribution in [0, 0.1) is 5.92 Å². The van der Waals surface area contributed by atoms with E-state index in [1.807, 2.05) is 6.92 Å².